The van der Waals surface area contributed by atoms with E-state index in [0.29, 0.717) is 5.56 Å². The van der Waals surface area contributed by atoms with E-state index >= 15 is 0 Å². The summed E-state index contributed by atoms with van der Waals surface area (Å²) >= 11 is 0. The van der Waals surface area contributed by atoms with Crippen LogP contribution in [0.15, 0.2) is 48.5 Å². The molecule has 6 heteroatoms. The van der Waals surface area contributed by atoms with Gasteiger partial charge in [-0.1, -0.05) is 45.0 Å². The molecule has 0 atom stereocenters. The molecule has 3 rings (SSSR count). The summed E-state index contributed by atoms with van der Waals surface area (Å²) in [5, 5.41) is 2.79. The SMILES string of the molecule is COc1ccccc1N1CCN(c2ccccc2C(=O)NCC(=O)C(C)(C)C)CC1. The maximum Gasteiger partial charge on any atom is 0.253 e. The zero-order chi connectivity index (χ0) is 21.7. The standard InChI is InChI=1S/C24H31N3O3/c1-24(2,3)22(28)17-25-23(29)18-9-5-6-10-19(18)26-13-15-27(16-14-26)20-11-7-8-12-21(20)30-4/h5-12H,13-17H2,1-4H3,(H,25,29). The Labute approximate surface area is 178 Å². The first-order valence-electron chi connectivity index (χ1n) is 10.3. The number of carbonyl (C=O) groups is 2. The van der Waals surface area contributed by atoms with Crippen LogP contribution in [0.2, 0.25) is 0 Å². The van der Waals surface area contributed by atoms with Gasteiger partial charge in [0.15, 0.2) is 5.78 Å². The summed E-state index contributed by atoms with van der Waals surface area (Å²) in [6.07, 6.45) is 0. The Morgan fingerprint density at radius 2 is 1.43 bits per heavy atom. The Balaban J connectivity index is 1.68. The van der Waals surface area contributed by atoms with Crippen molar-refractivity contribution in [2.75, 3.05) is 49.6 Å². The van der Waals surface area contributed by atoms with E-state index in [1.807, 2.05) is 63.2 Å². The van der Waals surface area contributed by atoms with Gasteiger partial charge in [0, 0.05) is 37.3 Å². The van der Waals surface area contributed by atoms with Gasteiger partial charge in [0.2, 0.25) is 0 Å². The number of benzene rings is 2. The van der Waals surface area contributed by atoms with Crippen molar-refractivity contribution < 1.29 is 14.3 Å². The first kappa shape index (κ1) is 21.7. The average molecular weight is 410 g/mol. The number of rotatable bonds is 6. The van der Waals surface area contributed by atoms with Crippen molar-refractivity contribution in [3.8, 4) is 5.75 Å². The summed E-state index contributed by atoms with van der Waals surface area (Å²) in [7, 11) is 1.69. The van der Waals surface area contributed by atoms with Crippen LogP contribution < -0.4 is 19.9 Å². The number of amides is 1. The summed E-state index contributed by atoms with van der Waals surface area (Å²) in [5.74, 6) is 0.670. The van der Waals surface area contributed by atoms with Gasteiger partial charge < -0.3 is 19.9 Å². The predicted molar refractivity (Wildman–Crippen MR) is 121 cm³/mol. The van der Waals surface area contributed by atoms with Crippen LogP contribution in [0.1, 0.15) is 31.1 Å². The highest BCUT2D eigenvalue weighted by Gasteiger charge is 2.25. The number of para-hydroxylation sites is 3. The summed E-state index contributed by atoms with van der Waals surface area (Å²) in [5.41, 5.74) is 2.12. The fraction of sp³-hybridized carbons (Fsp3) is 0.417. The molecule has 0 spiro atoms. The minimum atomic E-state index is -0.471. The largest absolute Gasteiger partial charge is 0.495 e. The van der Waals surface area contributed by atoms with Crippen LogP contribution in [-0.2, 0) is 4.79 Å². The van der Waals surface area contributed by atoms with Crippen molar-refractivity contribution in [3.63, 3.8) is 0 Å². The second kappa shape index (κ2) is 9.20. The van der Waals surface area contributed by atoms with E-state index in [2.05, 4.69) is 21.2 Å². The Morgan fingerprint density at radius 3 is 2.03 bits per heavy atom. The lowest BCUT2D eigenvalue weighted by molar-refractivity contribution is -0.125. The van der Waals surface area contributed by atoms with Crippen molar-refractivity contribution in [2.45, 2.75) is 20.8 Å². The number of anilines is 2. The third-order valence-electron chi connectivity index (χ3n) is 5.44. The van der Waals surface area contributed by atoms with Gasteiger partial charge in [-0.3, -0.25) is 9.59 Å². The molecule has 2 aromatic rings. The van der Waals surface area contributed by atoms with Crippen LogP contribution >= 0.6 is 0 Å². The molecule has 0 saturated carbocycles. The van der Waals surface area contributed by atoms with E-state index in [1.54, 1.807) is 7.11 Å². The predicted octanol–water partition coefficient (Wildman–Crippen LogP) is 3.37. The van der Waals surface area contributed by atoms with E-state index < -0.39 is 5.41 Å². The molecule has 1 N–H and O–H groups in total. The number of nitrogens with one attached hydrogen (secondary N) is 1. The lowest BCUT2D eigenvalue weighted by atomic mass is 9.91. The van der Waals surface area contributed by atoms with Gasteiger partial charge in [-0.2, -0.15) is 0 Å². The zero-order valence-electron chi connectivity index (χ0n) is 18.3. The van der Waals surface area contributed by atoms with Crippen molar-refractivity contribution in [2.24, 2.45) is 5.41 Å². The topological polar surface area (TPSA) is 61.9 Å². The lowest BCUT2D eigenvalue weighted by Gasteiger charge is -2.38. The number of nitrogens with zero attached hydrogens (tertiary/aromatic N) is 2. The smallest absolute Gasteiger partial charge is 0.253 e. The Bertz CT molecular complexity index is 897. The molecule has 2 aromatic carbocycles. The number of Topliss-reactive ketones (excluding diaryl/α,β-unsaturated/α-hetero) is 1. The molecule has 1 amide bonds. The number of hydrogen-bond donors (Lipinski definition) is 1. The third kappa shape index (κ3) is 4.93. The van der Waals surface area contributed by atoms with Crippen LogP contribution in [-0.4, -0.2) is 51.5 Å². The number of piperazine rings is 1. The van der Waals surface area contributed by atoms with Crippen LogP contribution in [0.25, 0.3) is 0 Å². The molecule has 0 bridgehead atoms. The summed E-state index contributed by atoms with van der Waals surface area (Å²) in [6, 6.07) is 15.6. The second-order valence-corrected chi connectivity index (χ2v) is 8.52. The Hall–Kier alpha value is -3.02. The number of methoxy groups -OCH3 is 1. The van der Waals surface area contributed by atoms with Crippen molar-refractivity contribution in [1.29, 1.82) is 0 Å². The fourth-order valence-corrected chi connectivity index (χ4v) is 3.54. The molecule has 0 unspecified atom stereocenters. The highest BCUT2D eigenvalue weighted by atomic mass is 16.5. The van der Waals surface area contributed by atoms with E-state index in [0.717, 1.165) is 43.3 Å². The molecule has 0 radical (unpaired) electrons. The van der Waals surface area contributed by atoms with Crippen LogP contribution in [0.5, 0.6) is 5.75 Å². The molecule has 1 fully saturated rings. The molecule has 1 heterocycles. The Kier molecular flexibility index (Phi) is 6.65. The zero-order valence-corrected chi connectivity index (χ0v) is 18.3. The fourth-order valence-electron chi connectivity index (χ4n) is 3.54. The minimum Gasteiger partial charge on any atom is -0.495 e. The van der Waals surface area contributed by atoms with Gasteiger partial charge in [0.25, 0.3) is 5.91 Å². The highest BCUT2D eigenvalue weighted by Crippen LogP contribution is 2.30. The van der Waals surface area contributed by atoms with Gasteiger partial charge in [-0.15, -0.1) is 0 Å². The lowest BCUT2D eigenvalue weighted by Crippen LogP contribution is -2.47. The van der Waals surface area contributed by atoms with E-state index in [9.17, 15) is 9.59 Å². The van der Waals surface area contributed by atoms with Crippen molar-refractivity contribution in [3.05, 3.63) is 54.1 Å². The van der Waals surface area contributed by atoms with Crippen LogP contribution in [0.4, 0.5) is 11.4 Å². The molecule has 6 nitrogen and oxygen atoms in total. The summed E-state index contributed by atoms with van der Waals surface area (Å²) in [4.78, 5) is 29.5. The quantitative estimate of drug-likeness (QED) is 0.793. The second-order valence-electron chi connectivity index (χ2n) is 8.52. The number of ketones is 1. The van der Waals surface area contributed by atoms with Crippen molar-refractivity contribution in [1.82, 2.24) is 5.32 Å². The minimum absolute atomic E-state index is 0.0127. The Morgan fingerprint density at radius 1 is 0.900 bits per heavy atom. The van der Waals surface area contributed by atoms with Gasteiger partial charge in [-0.05, 0) is 24.3 Å². The van der Waals surface area contributed by atoms with Crippen molar-refractivity contribution >= 4 is 23.1 Å². The molecule has 1 saturated heterocycles. The molecule has 1 aliphatic heterocycles. The normalized spacial score (nSPS) is 14.4. The molecule has 30 heavy (non-hydrogen) atoms. The van der Waals surface area contributed by atoms with E-state index in [1.165, 1.54) is 0 Å². The molecule has 0 aromatic heterocycles. The summed E-state index contributed by atoms with van der Waals surface area (Å²) < 4.78 is 5.49. The third-order valence-corrected chi connectivity index (χ3v) is 5.44. The first-order chi connectivity index (χ1) is 14.3. The number of hydrogen-bond acceptors (Lipinski definition) is 5. The maximum atomic E-state index is 12.8. The monoisotopic (exact) mass is 409 g/mol. The summed E-state index contributed by atoms with van der Waals surface area (Å²) in [6.45, 7) is 8.87. The first-order valence-corrected chi connectivity index (χ1v) is 10.3. The molecule has 1 aliphatic rings. The van der Waals surface area contributed by atoms with Gasteiger partial charge in [0.05, 0.1) is 24.9 Å². The van der Waals surface area contributed by atoms with E-state index in [4.69, 9.17) is 4.74 Å². The molecular weight excluding hydrogens is 378 g/mol. The number of carbonyl (C=O) groups excluding carboxylic acids is 2. The van der Waals surface area contributed by atoms with Crippen LogP contribution in [0.3, 0.4) is 0 Å². The average Bonchev–Trinajstić information content (AvgIpc) is 2.76. The molecule has 160 valence electrons. The maximum absolute atomic E-state index is 12.8. The van der Waals surface area contributed by atoms with Crippen LogP contribution in [0, 0.1) is 5.41 Å². The van der Waals surface area contributed by atoms with Gasteiger partial charge in [0.1, 0.15) is 5.75 Å². The number of ether oxygens (including phenoxy) is 1. The van der Waals surface area contributed by atoms with E-state index in [-0.39, 0.29) is 18.2 Å². The molecular formula is C24H31N3O3. The highest BCUT2D eigenvalue weighted by molar-refractivity contribution is 6.01. The van der Waals surface area contributed by atoms with Gasteiger partial charge >= 0.3 is 0 Å². The molecule has 0 aliphatic carbocycles. The van der Waals surface area contributed by atoms with Gasteiger partial charge in [-0.25, -0.2) is 0 Å².